The van der Waals surface area contributed by atoms with Gasteiger partial charge in [-0.1, -0.05) is 12.8 Å². The topological polar surface area (TPSA) is 31.0 Å². The summed E-state index contributed by atoms with van der Waals surface area (Å²) in [7, 11) is 3.37. The second-order valence-corrected chi connectivity index (χ2v) is 3.49. The molecule has 1 aliphatic heterocycles. The average Bonchev–Trinajstić information content (AvgIpc) is 2.95. The zero-order chi connectivity index (χ0) is 9.52. The molecule has 0 saturated carbocycles. The molecule has 3 nitrogen and oxygen atoms in total. The Bertz CT molecular complexity index is 119. The van der Waals surface area contributed by atoms with Crippen molar-refractivity contribution in [3.63, 3.8) is 0 Å². The van der Waals surface area contributed by atoms with Crippen molar-refractivity contribution in [3.05, 3.63) is 0 Å². The molecule has 1 atom stereocenters. The highest BCUT2D eigenvalue weighted by atomic mass is 16.7. The largest absolute Gasteiger partial charge is 0.373 e. The van der Waals surface area contributed by atoms with E-state index in [0.717, 1.165) is 13.0 Å². The standard InChI is InChI=1S/C10H20O3/c1-11-10(12-2)7-5-3-4-6-9-8-13-9/h9-10H,3-8H2,1-2H3. The Hall–Kier alpha value is -0.120. The van der Waals surface area contributed by atoms with Crippen molar-refractivity contribution in [2.75, 3.05) is 20.8 Å². The number of hydrogen-bond donors (Lipinski definition) is 0. The summed E-state index contributed by atoms with van der Waals surface area (Å²) in [5.74, 6) is 0. The van der Waals surface area contributed by atoms with E-state index in [1.54, 1.807) is 14.2 Å². The first kappa shape index (κ1) is 11.0. The normalized spacial score (nSPS) is 21.0. The fraction of sp³-hybridized carbons (Fsp3) is 1.00. The van der Waals surface area contributed by atoms with E-state index in [1.807, 2.05) is 0 Å². The predicted molar refractivity (Wildman–Crippen MR) is 50.6 cm³/mol. The van der Waals surface area contributed by atoms with Crippen LogP contribution in [0.5, 0.6) is 0 Å². The molecule has 0 N–H and O–H groups in total. The van der Waals surface area contributed by atoms with Crippen LogP contribution in [-0.4, -0.2) is 33.2 Å². The summed E-state index contributed by atoms with van der Waals surface area (Å²) in [4.78, 5) is 0. The van der Waals surface area contributed by atoms with Gasteiger partial charge in [-0.3, -0.25) is 0 Å². The van der Waals surface area contributed by atoms with Gasteiger partial charge in [-0.2, -0.15) is 0 Å². The lowest BCUT2D eigenvalue weighted by atomic mass is 10.1. The maximum Gasteiger partial charge on any atom is 0.156 e. The smallest absolute Gasteiger partial charge is 0.156 e. The Morgan fingerprint density at radius 1 is 1.23 bits per heavy atom. The lowest BCUT2D eigenvalue weighted by Gasteiger charge is -2.12. The van der Waals surface area contributed by atoms with Crippen LogP contribution in [0.3, 0.4) is 0 Å². The van der Waals surface area contributed by atoms with Crippen LogP contribution in [0, 0.1) is 0 Å². The molecule has 0 aromatic rings. The molecule has 78 valence electrons. The van der Waals surface area contributed by atoms with E-state index in [4.69, 9.17) is 14.2 Å². The summed E-state index contributed by atoms with van der Waals surface area (Å²) >= 11 is 0. The quantitative estimate of drug-likeness (QED) is 0.331. The highest BCUT2D eigenvalue weighted by Gasteiger charge is 2.20. The van der Waals surface area contributed by atoms with Gasteiger partial charge in [-0.15, -0.1) is 0 Å². The molecule has 1 aliphatic rings. The molecule has 13 heavy (non-hydrogen) atoms. The SMILES string of the molecule is COC(CCCCCC1CO1)OC. The van der Waals surface area contributed by atoms with Gasteiger partial charge in [-0.25, -0.2) is 0 Å². The van der Waals surface area contributed by atoms with Crippen molar-refractivity contribution in [2.45, 2.75) is 44.5 Å². The van der Waals surface area contributed by atoms with Crippen LogP contribution in [0.25, 0.3) is 0 Å². The number of ether oxygens (including phenoxy) is 3. The molecule has 0 aromatic carbocycles. The van der Waals surface area contributed by atoms with Gasteiger partial charge in [0, 0.05) is 14.2 Å². The van der Waals surface area contributed by atoms with E-state index >= 15 is 0 Å². The summed E-state index contributed by atoms with van der Waals surface area (Å²) < 4.78 is 15.3. The number of methoxy groups -OCH3 is 2. The first-order valence-corrected chi connectivity index (χ1v) is 5.04. The number of epoxide rings is 1. The Morgan fingerprint density at radius 3 is 2.46 bits per heavy atom. The van der Waals surface area contributed by atoms with Gasteiger partial charge in [0.1, 0.15) is 0 Å². The third-order valence-corrected chi connectivity index (χ3v) is 2.39. The molecule has 3 heteroatoms. The van der Waals surface area contributed by atoms with Crippen LogP contribution in [-0.2, 0) is 14.2 Å². The van der Waals surface area contributed by atoms with Crippen molar-refractivity contribution in [1.82, 2.24) is 0 Å². The van der Waals surface area contributed by atoms with Gasteiger partial charge in [0.25, 0.3) is 0 Å². The Kier molecular flexibility index (Phi) is 5.35. The number of hydrogen-bond acceptors (Lipinski definition) is 3. The predicted octanol–water partition coefficient (Wildman–Crippen LogP) is 1.95. The van der Waals surface area contributed by atoms with Gasteiger partial charge in [0.2, 0.25) is 0 Å². The molecule has 1 rings (SSSR count). The Labute approximate surface area is 80.4 Å². The first-order chi connectivity index (χ1) is 6.36. The molecule has 1 fully saturated rings. The third kappa shape index (κ3) is 5.24. The fourth-order valence-corrected chi connectivity index (χ4v) is 1.43. The maximum absolute atomic E-state index is 5.13. The molecular formula is C10H20O3. The van der Waals surface area contributed by atoms with Crippen molar-refractivity contribution in [1.29, 1.82) is 0 Å². The van der Waals surface area contributed by atoms with Crippen molar-refractivity contribution in [2.24, 2.45) is 0 Å². The van der Waals surface area contributed by atoms with Crippen LogP contribution in [0.1, 0.15) is 32.1 Å². The molecule has 0 aromatic heterocycles. The molecule has 0 spiro atoms. The highest BCUT2D eigenvalue weighted by molar-refractivity contribution is 4.68. The molecule has 0 bridgehead atoms. The van der Waals surface area contributed by atoms with E-state index in [9.17, 15) is 0 Å². The van der Waals surface area contributed by atoms with Crippen LogP contribution < -0.4 is 0 Å². The van der Waals surface area contributed by atoms with E-state index in [0.29, 0.717) is 6.10 Å². The van der Waals surface area contributed by atoms with E-state index in [1.165, 1.54) is 25.7 Å². The number of rotatable bonds is 8. The molecular weight excluding hydrogens is 168 g/mol. The van der Waals surface area contributed by atoms with Gasteiger partial charge in [0.05, 0.1) is 12.7 Å². The average molecular weight is 188 g/mol. The summed E-state index contributed by atoms with van der Waals surface area (Å²) in [5.41, 5.74) is 0. The first-order valence-electron chi connectivity index (χ1n) is 5.04. The van der Waals surface area contributed by atoms with E-state index in [-0.39, 0.29) is 6.29 Å². The summed E-state index contributed by atoms with van der Waals surface area (Å²) in [6.45, 7) is 0.985. The molecule has 1 heterocycles. The molecule has 1 unspecified atom stereocenters. The molecule has 0 amide bonds. The monoisotopic (exact) mass is 188 g/mol. The van der Waals surface area contributed by atoms with Crippen LogP contribution in [0.4, 0.5) is 0 Å². The zero-order valence-corrected chi connectivity index (χ0v) is 8.62. The number of unbranched alkanes of at least 4 members (excludes halogenated alkanes) is 2. The van der Waals surface area contributed by atoms with Crippen molar-refractivity contribution in [3.8, 4) is 0 Å². The van der Waals surface area contributed by atoms with E-state index in [2.05, 4.69) is 0 Å². The summed E-state index contributed by atoms with van der Waals surface area (Å²) in [6, 6.07) is 0. The summed E-state index contributed by atoms with van der Waals surface area (Å²) in [6.07, 6.45) is 6.49. The Morgan fingerprint density at radius 2 is 1.92 bits per heavy atom. The highest BCUT2D eigenvalue weighted by Crippen LogP contribution is 2.18. The van der Waals surface area contributed by atoms with Crippen molar-refractivity contribution >= 4 is 0 Å². The fourth-order valence-electron chi connectivity index (χ4n) is 1.43. The van der Waals surface area contributed by atoms with Gasteiger partial charge in [0.15, 0.2) is 6.29 Å². The second kappa shape index (κ2) is 6.35. The maximum atomic E-state index is 5.13. The van der Waals surface area contributed by atoms with Gasteiger partial charge >= 0.3 is 0 Å². The molecule has 1 saturated heterocycles. The molecule has 0 radical (unpaired) electrons. The van der Waals surface area contributed by atoms with Crippen LogP contribution >= 0.6 is 0 Å². The Balaban J connectivity index is 1.81. The van der Waals surface area contributed by atoms with Crippen LogP contribution in [0.2, 0.25) is 0 Å². The zero-order valence-electron chi connectivity index (χ0n) is 8.62. The summed E-state index contributed by atoms with van der Waals surface area (Å²) in [5, 5.41) is 0. The lowest BCUT2D eigenvalue weighted by molar-refractivity contribution is -0.107. The van der Waals surface area contributed by atoms with Gasteiger partial charge < -0.3 is 14.2 Å². The molecule has 0 aliphatic carbocycles. The van der Waals surface area contributed by atoms with E-state index < -0.39 is 0 Å². The third-order valence-electron chi connectivity index (χ3n) is 2.39. The van der Waals surface area contributed by atoms with Crippen LogP contribution in [0.15, 0.2) is 0 Å². The minimum absolute atomic E-state index is 0.0165. The lowest BCUT2D eigenvalue weighted by Crippen LogP contribution is -2.12. The minimum Gasteiger partial charge on any atom is -0.373 e. The second-order valence-electron chi connectivity index (χ2n) is 3.49. The van der Waals surface area contributed by atoms with Gasteiger partial charge in [-0.05, 0) is 19.3 Å². The minimum atomic E-state index is -0.0165. The van der Waals surface area contributed by atoms with Crippen molar-refractivity contribution < 1.29 is 14.2 Å².